The van der Waals surface area contributed by atoms with Crippen molar-refractivity contribution in [1.29, 1.82) is 0 Å². The first kappa shape index (κ1) is 16.6. The molecule has 0 saturated heterocycles. The molecule has 1 aromatic heterocycles. The van der Waals surface area contributed by atoms with Gasteiger partial charge in [-0.3, -0.25) is 0 Å². The van der Waals surface area contributed by atoms with E-state index in [1.165, 1.54) is 88.3 Å². The number of nitrogens with two attached hydrogens (primary N) is 1. The molecule has 2 nitrogen and oxygen atoms in total. The zero-order valence-electron chi connectivity index (χ0n) is 13.9. The van der Waals surface area contributed by atoms with Crippen LogP contribution in [0.25, 0.3) is 0 Å². The van der Waals surface area contributed by atoms with Crippen LogP contribution in [0.2, 0.25) is 0 Å². The molecule has 1 heterocycles. The molecule has 0 aliphatic heterocycles. The Kier molecular flexibility index (Phi) is 7.35. The van der Waals surface area contributed by atoms with Crippen LogP contribution in [0.3, 0.4) is 0 Å². The Morgan fingerprint density at radius 1 is 1.00 bits per heavy atom. The zero-order valence-corrected chi connectivity index (χ0v) is 13.9. The number of fused-ring (bicyclic) bond motifs is 1. The monoisotopic (exact) mass is 290 g/mol. The summed E-state index contributed by atoms with van der Waals surface area (Å²) in [6, 6.07) is 0.280. The van der Waals surface area contributed by atoms with Crippen LogP contribution >= 0.6 is 0 Å². The molecule has 1 atom stereocenters. The fourth-order valence-corrected chi connectivity index (χ4v) is 3.51. The maximum atomic E-state index is 6.28. The van der Waals surface area contributed by atoms with Gasteiger partial charge in [-0.15, -0.1) is 0 Å². The van der Waals surface area contributed by atoms with Crippen molar-refractivity contribution < 1.29 is 0 Å². The second kappa shape index (κ2) is 9.30. The highest BCUT2D eigenvalue weighted by Crippen LogP contribution is 2.27. The molecule has 0 fully saturated rings. The first-order valence-electron chi connectivity index (χ1n) is 9.25. The molecule has 1 unspecified atom stereocenters. The lowest BCUT2D eigenvalue weighted by Gasteiger charge is -2.07. The molecular formula is C19H34N2. The van der Waals surface area contributed by atoms with Crippen molar-refractivity contribution in [3.8, 4) is 0 Å². The van der Waals surface area contributed by atoms with Gasteiger partial charge in [0.25, 0.3) is 0 Å². The van der Waals surface area contributed by atoms with Crippen LogP contribution in [0.5, 0.6) is 0 Å². The summed E-state index contributed by atoms with van der Waals surface area (Å²) in [4.78, 5) is 0. The van der Waals surface area contributed by atoms with E-state index in [1.54, 1.807) is 0 Å². The van der Waals surface area contributed by atoms with E-state index in [2.05, 4.69) is 23.9 Å². The van der Waals surface area contributed by atoms with Crippen molar-refractivity contribution in [3.05, 3.63) is 23.5 Å². The lowest BCUT2D eigenvalue weighted by Crippen LogP contribution is -2.09. The highest BCUT2D eigenvalue weighted by Gasteiger charge is 2.16. The van der Waals surface area contributed by atoms with Gasteiger partial charge in [0.1, 0.15) is 0 Å². The van der Waals surface area contributed by atoms with E-state index in [9.17, 15) is 0 Å². The second-order valence-electron chi connectivity index (χ2n) is 6.80. The molecule has 0 bridgehead atoms. The van der Waals surface area contributed by atoms with Gasteiger partial charge < -0.3 is 10.3 Å². The van der Waals surface area contributed by atoms with Gasteiger partial charge in [-0.25, -0.2) is 0 Å². The zero-order chi connectivity index (χ0) is 14.9. The Labute approximate surface area is 131 Å². The van der Waals surface area contributed by atoms with Gasteiger partial charge in [0.05, 0.1) is 0 Å². The lowest BCUT2D eigenvalue weighted by atomic mass is 10.1. The van der Waals surface area contributed by atoms with Crippen LogP contribution < -0.4 is 5.73 Å². The van der Waals surface area contributed by atoms with E-state index in [1.807, 2.05) is 0 Å². The Balaban J connectivity index is 1.64. The number of aryl methyl sites for hydroxylation is 2. The number of rotatable bonds is 9. The Bertz CT molecular complexity index is 394. The van der Waals surface area contributed by atoms with Gasteiger partial charge in [-0.1, -0.05) is 58.3 Å². The number of unbranched alkanes of at least 4 members (excludes halogenated alkanes) is 7. The Hall–Kier alpha value is -0.760. The maximum absolute atomic E-state index is 6.28. The molecule has 2 rings (SSSR count). The van der Waals surface area contributed by atoms with E-state index in [0.29, 0.717) is 0 Å². The predicted octanol–water partition coefficient (Wildman–Crippen LogP) is 5.36. The summed E-state index contributed by atoms with van der Waals surface area (Å²) < 4.78 is 2.40. The van der Waals surface area contributed by atoms with E-state index in [4.69, 9.17) is 5.73 Å². The van der Waals surface area contributed by atoms with Crippen molar-refractivity contribution in [3.63, 3.8) is 0 Å². The minimum absolute atomic E-state index is 0.280. The topological polar surface area (TPSA) is 30.9 Å². The van der Waals surface area contributed by atoms with E-state index in [-0.39, 0.29) is 6.04 Å². The molecule has 0 amide bonds. The van der Waals surface area contributed by atoms with Crippen molar-refractivity contribution in [1.82, 2.24) is 4.57 Å². The summed E-state index contributed by atoms with van der Waals surface area (Å²) in [6.45, 7) is 3.46. The average Bonchev–Trinajstić information content (AvgIpc) is 2.82. The Morgan fingerprint density at radius 3 is 2.48 bits per heavy atom. The summed E-state index contributed by atoms with van der Waals surface area (Å²) in [5.74, 6) is 0. The van der Waals surface area contributed by atoms with Crippen LogP contribution in [0, 0.1) is 0 Å². The summed E-state index contributed by atoms with van der Waals surface area (Å²) in [6.07, 6.45) is 20.8. The van der Waals surface area contributed by atoms with Crippen molar-refractivity contribution in [2.24, 2.45) is 5.73 Å². The molecule has 0 spiro atoms. The smallest absolute Gasteiger partial charge is 0.0312 e. The third kappa shape index (κ3) is 5.50. The number of hydrogen-bond acceptors (Lipinski definition) is 1. The van der Waals surface area contributed by atoms with Crippen LogP contribution in [-0.2, 0) is 13.0 Å². The van der Waals surface area contributed by atoms with Crippen molar-refractivity contribution in [2.75, 3.05) is 0 Å². The van der Waals surface area contributed by atoms with Gasteiger partial charge in [-0.05, 0) is 36.8 Å². The van der Waals surface area contributed by atoms with Crippen molar-refractivity contribution >= 4 is 0 Å². The summed E-state index contributed by atoms with van der Waals surface area (Å²) >= 11 is 0. The van der Waals surface area contributed by atoms with E-state index in [0.717, 1.165) is 6.42 Å². The molecule has 2 heteroatoms. The van der Waals surface area contributed by atoms with Crippen molar-refractivity contribution in [2.45, 2.75) is 96.6 Å². The Morgan fingerprint density at radius 2 is 1.71 bits per heavy atom. The second-order valence-corrected chi connectivity index (χ2v) is 6.80. The normalized spacial score (nSPS) is 18.5. The molecule has 2 N–H and O–H groups in total. The number of nitrogens with zero attached hydrogens (tertiary/aromatic N) is 1. The average molecular weight is 290 g/mol. The maximum Gasteiger partial charge on any atom is 0.0312 e. The van der Waals surface area contributed by atoms with Gasteiger partial charge in [0, 0.05) is 25.0 Å². The molecule has 0 aromatic carbocycles. The first-order chi connectivity index (χ1) is 10.3. The highest BCUT2D eigenvalue weighted by molar-refractivity contribution is 5.28. The minimum Gasteiger partial charge on any atom is -0.354 e. The van der Waals surface area contributed by atoms with Crippen LogP contribution in [0.1, 0.15) is 94.7 Å². The van der Waals surface area contributed by atoms with Gasteiger partial charge in [-0.2, -0.15) is 0 Å². The standard InChI is InChI=1S/C19H34N2/c1-2-3-4-5-6-7-8-11-14-21-15-17-12-9-10-13-19(20)18(17)16-21/h15-16,19H,2-14,20H2,1H3. The molecular weight excluding hydrogens is 256 g/mol. The third-order valence-electron chi connectivity index (χ3n) is 4.88. The van der Waals surface area contributed by atoms with Gasteiger partial charge in [0.2, 0.25) is 0 Å². The van der Waals surface area contributed by atoms with E-state index < -0.39 is 0 Å². The number of aromatic nitrogens is 1. The first-order valence-corrected chi connectivity index (χ1v) is 9.25. The highest BCUT2D eigenvalue weighted by atomic mass is 14.9. The summed E-state index contributed by atoms with van der Waals surface area (Å²) in [7, 11) is 0. The molecule has 0 saturated carbocycles. The van der Waals surface area contributed by atoms with Crippen LogP contribution in [-0.4, -0.2) is 4.57 Å². The van der Waals surface area contributed by atoms with Gasteiger partial charge in [0.15, 0.2) is 0 Å². The summed E-state index contributed by atoms with van der Waals surface area (Å²) in [5, 5.41) is 0. The molecule has 1 aliphatic rings. The fourth-order valence-electron chi connectivity index (χ4n) is 3.51. The fraction of sp³-hybridized carbons (Fsp3) is 0.789. The molecule has 1 aliphatic carbocycles. The number of hydrogen-bond donors (Lipinski definition) is 1. The predicted molar refractivity (Wildman–Crippen MR) is 91.5 cm³/mol. The van der Waals surface area contributed by atoms with Crippen LogP contribution in [0.15, 0.2) is 12.4 Å². The molecule has 21 heavy (non-hydrogen) atoms. The quantitative estimate of drug-likeness (QED) is 0.482. The summed E-state index contributed by atoms with van der Waals surface area (Å²) in [5.41, 5.74) is 9.22. The molecule has 1 aromatic rings. The molecule has 0 radical (unpaired) electrons. The van der Waals surface area contributed by atoms with Gasteiger partial charge >= 0.3 is 0 Å². The minimum atomic E-state index is 0.280. The van der Waals surface area contributed by atoms with E-state index >= 15 is 0 Å². The largest absolute Gasteiger partial charge is 0.354 e. The third-order valence-corrected chi connectivity index (χ3v) is 4.88. The van der Waals surface area contributed by atoms with Crippen LogP contribution in [0.4, 0.5) is 0 Å². The molecule has 120 valence electrons. The lowest BCUT2D eigenvalue weighted by molar-refractivity contribution is 0.542. The SMILES string of the molecule is CCCCCCCCCCn1cc2c(c1)C(N)CCCC2.